The number of ether oxygens (including phenoxy) is 1. The fraction of sp³-hybridized carbons (Fsp3) is 0.391. The first-order valence-corrected chi connectivity index (χ1v) is 10.8. The van der Waals surface area contributed by atoms with Crippen molar-refractivity contribution in [3.63, 3.8) is 0 Å². The number of fused-ring (bicyclic) bond motifs is 1. The van der Waals surface area contributed by atoms with E-state index in [0.29, 0.717) is 12.1 Å². The van der Waals surface area contributed by atoms with Gasteiger partial charge in [0.15, 0.2) is 5.13 Å². The number of nitrogens with zero attached hydrogens (tertiary/aromatic N) is 3. The summed E-state index contributed by atoms with van der Waals surface area (Å²) in [5.41, 5.74) is 2.77. The van der Waals surface area contributed by atoms with Gasteiger partial charge in [-0.25, -0.2) is 4.98 Å². The molecule has 1 heterocycles. The molecular weight excluding hydrogens is 418 g/mol. The van der Waals surface area contributed by atoms with Crippen molar-refractivity contribution in [2.24, 2.45) is 0 Å². The highest BCUT2D eigenvalue weighted by atomic mass is 35.5. The second kappa shape index (κ2) is 10.8. The first kappa shape index (κ1) is 24.1. The summed E-state index contributed by atoms with van der Waals surface area (Å²) in [4.78, 5) is 22.0. The molecule has 0 radical (unpaired) electrons. The molecule has 5 nitrogen and oxygen atoms in total. The summed E-state index contributed by atoms with van der Waals surface area (Å²) in [6.45, 7) is 7.58. The summed E-state index contributed by atoms with van der Waals surface area (Å²) in [6, 6.07) is 13.6. The van der Waals surface area contributed by atoms with Gasteiger partial charge in [0.1, 0.15) is 5.75 Å². The average Bonchev–Trinajstić information content (AvgIpc) is 3.07. The summed E-state index contributed by atoms with van der Waals surface area (Å²) < 4.78 is 6.80. The SMILES string of the molecule is Cc1ccc2nc(N(CCCN(C)C)C(=O)c3ccc(OC(C)C)cc3)sc2c1.Cl. The Morgan fingerprint density at radius 3 is 2.43 bits per heavy atom. The fourth-order valence-corrected chi connectivity index (χ4v) is 4.16. The highest BCUT2D eigenvalue weighted by Gasteiger charge is 2.21. The van der Waals surface area contributed by atoms with Crippen LogP contribution in [0.4, 0.5) is 5.13 Å². The Morgan fingerprint density at radius 2 is 1.80 bits per heavy atom. The first-order chi connectivity index (χ1) is 13.8. The number of thiazole rings is 1. The zero-order valence-corrected chi connectivity index (χ0v) is 19.8. The summed E-state index contributed by atoms with van der Waals surface area (Å²) in [5.74, 6) is 0.738. The standard InChI is InChI=1S/C23H29N3O2S.ClH/c1-16(2)28-19-10-8-18(9-11-19)22(27)26(14-6-13-25(4)5)23-24-20-12-7-17(3)15-21(20)29-23;/h7-12,15-16H,6,13-14H2,1-5H3;1H. The Bertz CT molecular complexity index is 970. The molecule has 162 valence electrons. The number of benzene rings is 2. The van der Waals surface area contributed by atoms with Crippen LogP contribution < -0.4 is 9.64 Å². The highest BCUT2D eigenvalue weighted by Crippen LogP contribution is 2.31. The lowest BCUT2D eigenvalue weighted by Gasteiger charge is -2.21. The minimum Gasteiger partial charge on any atom is -0.491 e. The summed E-state index contributed by atoms with van der Waals surface area (Å²) in [7, 11) is 4.08. The largest absolute Gasteiger partial charge is 0.491 e. The third-order valence-corrected chi connectivity index (χ3v) is 5.51. The van der Waals surface area contributed by atoms with Gasteiger partial charge in [-0.3, -0.25) is 9.69 Å². The van der Waals surface area contributed by atoms with Crippen LogP contribution in [0.5, 0.6) is 5.75 Å². The maximum absolute atomic E-state index is 13.3. The van der Waals surface area contributed by atoms with Crippen LogP contribution in [0.3, 0.4) is 0 Å². The minimum atomic E-state index is -0.0318. The molecule has 0 unspecified atom stereocenters. The van der Waals surface area contributed by atoms with E-state index in [2.05, 4.69) is 24.0 Å². The number of anilines is 1. The molecule has 7 heteroatoms. The van der Waals surface area contributed by atoms with Gasteiger partial charge in [0, 0.05) is 12.1 Å². The average molecular weight is 448 g/mol. The Hall–Kier alpha value is -2.15. The number of hydrogen-bond donors (Lipinski definition) is 0. The van der Waals surface area contributed by atoms with Gasteiger partial charge >= 0.3 is 0 Å². The molecule has 0 fully saturated rings. The van der Waals surface area contributed by atoms with E-state index < -0.39 is 0 Å². The van der Waals surface area contributed by atoms with Crippen LogP contribution in [0.25, 0.3) is 10.2 Å². The van der Waals surface area contributed by atoms with Crippen molar-refractivity contribution >= 4 is 45.0 Å². The lowest BCUT2D eigenvalue weighted by molar-refractivity contribution is 0.0986. The molecule has 30 heavy (non-hydrogen) atoms. The molecule has 0 aliphatic rings. The van der Waals surface area contributed by atoms with E-state index in [0.717, 1.165) is 34.1 Å². The lowest BCUT2D eigenvalue weighted by atomic mass is 10.2. The zero-order valence-electron chi connectivity index (χ0n) is 18.2. The molecule has 0 bridgehead atoms. The summed E-state index contributed by atoms with van der Waals surface area (Å²) >= 11 is 1.57. The number of halogens is 1. The van der Waals surface area contributed by atoms with Crippen molar-refractivity contribution in [3.05, 3.63) is 53.6 Å². The molecule has 0 atom stereocenters. The van der Waals surface area contributed by atoms with E-state index in [-0.39, 0.29) is 24.4 Å². The normalized spacial score (nSPS) is 11.0. The maximum Gasteiger partial charge on any atom is 0.260 e. The second-order valence-electron chi connectivity index (χ2n) is 7.77. The molecule has 0 aliphatic carbocycles. The number of aryl methyl sites for hydroxylation is 1. The van der Waals surface area contributed by atoms with Crippen LogP contribution in [-0.2, 0) is 0 Å². The number of rotatable bonds is 8. The number of carbonyl (C=O) groups is 1. The number of hydrogen-bond acceptors (Lipinski definition) is 5. The van der Waals surface area contributed by atoms with Gasteiger partial charge in [0.25, 0.3) is 5.91 Å². The van der Waals surface area contributed by atoms with Crippen LogP contribution in [0.2, 0.25) is 0 Å². The number of aromatic nitrogens is 1. The Balaban J connectivity index is 0.00000320. The molecule has 0 saturated carbocycles. The second-order valence-corrected chi connectivity index (χ2v) is 8.78. The van der Waals surface area contributed by atoms with Crippen molar-refractivity contribution in [1.82, 2.24) is 9.88 Å². The van der Waals surface area contributed by atoms with Crippen LogP contribution >= 0.6 is 23.7 Å². The maximum atomic E-state index is 13.3. The molecule has 2 aromatic carbocycles. The van der Waals surface area contributed by atoms with Crippen LogP contribution in [0.15, 0.2) is 42.5 Å². The molecule has 0 N–H and O–H groups in total. The molecular formula is C23H30ClN3O2S. The predicted octanol–water partition coefficient (Wildman–Crippen LogP) is 5.41. The smallest absolute Gasteiger partial charge is 0.260 e. The van der Waals surface area contributed by atoms with Gasteiger partial charge in [-0.2, -0.15) is 0 Å². The number of carbonyl (C=O) groups excluding carboxylic acids is 1. The quantitative estimate of drug-likeness (QED) is 0.463. The van der Waals surface area contributed by atoms with Crippen molar-refractivity contribution in [1.29, 1.82) is 0 Å². The Morgan fingerprint density at radius 1 is 1.10 bits per heavy atom. The van der Waals surface area contributed by atoms with E-state index in [1.807, 2.05) is 63.2 Å². The van der Waals surface area contributed by atoms with Crippen molar-refractivity contribution in [2.75, 3.05) is 32.1 Å². The molecule has 3 aromatic rings. The fourth-order valence-electron chi connectivity index (χ4n) is 3.07. The molecule has 0 spiro atoms. The summed E-state index contributed by atoms with van der Waals surface area (Å²) in [6.07, 6.45) is 0.979. The van der Waals surface area contributed by atoms with Gasteiger partial charge in [0.05, 0.1) is 16.3 Å². The van der Waals surface area contributed by atoms with Crippen molar-refractivity contribution in [2.45, 2.75) is 33.3 Å². The number of amides is 1. The molecule has 0 saturated heterocycles. The topological polar surface area (TPSA) is 45.7 Å². The van der Waals surface area contributed by atoms with E-state index in [9.17, 15) is 4.79 Å². The Kier molecular flexibility index (Phi) is 8.65. The van der Waals surface area contributed by atoms with Crippen LogP contribution in [0, 0.1) is 6.92 Å². The highest BCUT2D eigenvalue weighted by molar-refractivity contribution is 7.22. The predicted molar refractivity (Wildman–Crippen MR) is 129 cm³/mol. The van der Waals surface area contributed by atoms with Gasteiger partial charge in [-0.15, -0.1) is 12.4 Å². The van der Waals surface area contributed by atoms with Crippen LogP contribution in [0.1, 0.15) is 36.2 Å². The van der Waals surface area contributed by atoms with E-state index in [1.165, 1.54) is 5.56 Å². The zero-order chi connectivity index (χ0) is 21.0. The lowest BCUT2D eigenvalue weighted by Crippen LogP contribution is -2.33. The third-order valence-electron chi connectivity index (χ3n) is 4.47. The minimum absolute atomic E-state index is 0. The van der Waals surface area contributed by atoms with Crippen molar-refractivity contribution < 1.29 is 9.53 Å². The van der Waals surface area contributed by atoms with Crippen LogP contribution in [-0.4, -0.2) is 49.1 Å². The van der Waals surface area contributed by atoms with Gasteiger partial charge < -0.3 is 9.64 Å². The van der Waals surface area contributed by atoms with Crippen molar-refractivity contribution in [3.8, 4) is 5.75 Å². The van der Waals surface area contributed by atoms with E-state index in [1.54, 1.807) is 11.3 Å². The monoisotopic (exact) mass is 447 g/mol. The summed E-state index contributed by atoms with van der Waals surface area (Å²) in [5, 5.41) is 0.747. The molecule has 1 aromatic heterocycles. The van der Waals surface area contributed by atoms with Gasteiger partial charge in [-0.1, -0.05) is 17.4 Å². The molecule has 3 rings (SSSR count). The third kappa shape index (κ3) is 6.17. The Labute approximate surface area is 189 Å². The first-order valence-electron chi connectivity index (χ1n) is 9.94. The molecule has 0 aliphatic heterocycles. The van der Waals surface area contributed by atoms with Gasteiger partial charge in [0.2, 0.25) is 0 Å². The van der Waals surface area contributed by atoms with E-state index >= 15 is 0 Å². The molecule has 1 amide bonds. The van der Waals surface area contributed by atoms with Gasteiger partial charge in [-0.05, 0) is 89.8 Å². The van der Waals surface area contributed by atoms with E-state index in [4.69, 9.17) is 9.72 Å².